The first-order valence-corrected chi connectivity index (χ1v) is 5.50. The molecule has 0 saturated carbocycles. The summed E-state index contributed by atoms with van der Waals surface area (Å²) in [5.41, 5.74) is -0.0403. The average Bonchev–Trinajstić information content (AvgIpc) is 2.93. The second kappa shape index (κ2) is 5.96. The summed E-state index contributed by atoms with van der Waals surface area (Å²) in [5.74, 6) is -3.16. The molecule has 2 aromatic rings. The number of amides is 1. The Morgan fingerprint density at radius 3 is 2.70 bits per heavy atom. The Morgan fingerprint density at radius 1 is 1.25 bits per heavy atom. The first-order chi connectivity index (χ1) is 9.56. The van der Waals surface area contributed by atoms with Crippen molar-refractivity contribution in [2.24, 2.45) is 0 Å². The second-order valence-electron chi connectivity index (χ2n) is 3.76. The lowest BCUT2D eigenvalue weighted by Gasteiger charge is -2.06. The molecule has 0 bridgehead atoms. The van der Waals surface area contributed by atoms with Crippen molar-refractivity contribution >= 4 is 17.6 Å². The van der Waals surface area contributed by atoms with E-state index >= 15 is 0 Å². The number of halogens is 2. The summed E-state index contributed by atoms with van der Waals surface area (Å²) in [6.07, 6.45) is 2.45. The topological polar surface area (TPSA) is 68.5 Å². The number of hydrogen-bond acceptors (Lipinski definition) is 4. The fourth-order valence-corrected chi connectivity index (χ4v) is 1.37. The number of hydrogen-bond donors (Lipinski definition) is 1. The van der Waals surface area contributed by atoms with E-state index in [2.05, 4.69) is 14.5 Å². The molecule has 0 saturated heterocycles. The van der Waals surface area contributed by atoms with Gasteiger partial charge in [-0.1, -0.05) is 0 Å². The minimum Gasteiger partial charge on any atom is -0.472 e. The van der Waals surface area contributed by atoms with Gasteiger partial charge in [0.15, 0.2) is 6.61 Å². The second-order valence-corrected chi connectivity index (χ2v) is 3.76. The average molecular weight is 281 g/mol. The van der Waals surface area contributed by atoms with Gasteiger partial charge in [-0.3, -0.25) is 4.79 Å². The van der Waals surface area contributed by atoms with Crippen LogP contribution in [-0.4, -0.2) is 18.5 Å². The molecule has 0 spiro atoms. The van der Waals surface area contributed by atoms with Gasteiger partial charge in [0, 0.05) is 6.07 Å². The van der Waals surface area contributed by atoms with Gasteiger partial charge in [0.2, 0.25) is 0 Å². The van der Waals surface area contributed by atoms with Crippen LogP contribution in [0.15, 0.2) is 41.2 Å². The predicted octanol–water partition coefficient (Wildman–Crippen LogP) is 2.35. The Hall–Kier alpha value is -2.70. The quantitative estimate of drug-likeness (QED) is 0.873. The van der Waals surface area contributed by atoms with E-state index in [0.29, 0.717) is 6.07 Å². The Kier molecular flexibility index (Phi) is 4.09. The van der Waals surface area contributed by atoms with Crippen LogP contribution in [0.1, 0.15) is 10.4 Å². The van der Waals surface area contributed by atoms with E-state index in [1.165, 1.54) is 18.6 Å². The summed E-state index contributed by atoms with van der Waals surface area (Å²) in [6, 6.07) is 4.07. The van der Waals surface area contributed by atoms with Crippen LogP contribution in [0, 0.1) is 11.6 Å². The van der Waals surface area contributed by atoms with Crippen LogP contribution < -0.4 is 5.32 Å². The van der Waals surface area contributed by atoms with Crippen LogP contribution in [0.3, 0.4) is 0 Å². The molecule has 0 atom stereocenters. The summed E-state index contributed by atoms with van der Waals surface area (Å²) < 4.78 is 35.3. The van der Waals surface area contributed by atoms with E-state index in [1.54, 1.807) is 0 Å². The van der Waals surface area contributed by atoms with E-state index < -0.39 is 30.1 Å². The van der Waals surface area contributed by atoms with Gasteiger partial charge in [-0.05, 0) is 18.2 Å². The lowest BCUT2D eigenvalue weighted by Crippen LogP contribution is -2.21. The zero-order chi connectivity index (χ0) is 14.5. The molecule has 7 heteroatoms. The van der Waals surface area contributed by atoms with Crippen molar-refractivity contribution in [1.29, 1.82) is 0 Å². The first kappa shape index (κ1) is 13.7. The molecule has 2 rings (SSSR count). The minimum atomic E-state index is -0.917. The van der Waals surface area contributed by atoms with Gasteiger partial charge in [-0.25, -0.2) is 13.6 Å². The number of nitrogens with one attached hydrogen (secondary N) is 1. The van der Waals surface area contributed by atoms with Gasteiger partial charge in [0.05, 0.1) is 17.5 Å². The van der Waals surface area contributed by atoms with Crippen LogP contribution in [0.2, 0.25) is 0 Å². The number of benzene rings is 1. The van der Waals surface area contributed by atoms with E-state index in [0.717, 1.165) is 12.1 Å². The number of carbonyl (C=O) groups excluding carboxylic acids is 2. The Morgan fingerprint density at radius 2 is 2.05 bits per heavy atom. The standard InChI is InChI=1S/C13H9F2NO4/c14-9-1-2-11(10(15)5-9)16-12(17)7-20-13(18)8-3-4-19-6-8/h1-6H,7H2,(H,16,17). The molecule has 1 amide bonds. The molecule has 0 aliphatic carbocycles. The van der Waals surface area contributed by atoms with Crippen LogP contribution in [0.4, 0.5) is 14.5 Å². The third kappa shape index (κ3) is 3.41. The Labute approximate surface area is 112 Å². The van der Waals surface area contributed by atoms with Gasteiger partial charge < -0.3 is 14.5 Å². The molecule has 104 valence electrons. The number of carbonyl (C=O) groups is 2. The van der Waals surface area contributed by atoms with Gasteiger partial charge >= 0.3 is 5.97 Å². The Balaban J connectivity index is 1.88. The molecule has 0 unspecified atom stereocenters. The van der Waals surface area contributed by atoms with E-state index in [1.807, 2.05) is 0 Å². The molecular weight excluding hydrogens is 272 g/mol. The van der Waals surface area contributed by atoms with Crippen molar-refractivity contribution in [3.63, 3.8) is 0 Å². The molecule has 20 heavy (non-hydrogen) atoms. The molecule has 0 aliphatic heterocycles. The van der Waals surface area contributed by atoms with Crippen LogP contribution in [0.25, 0.3) is 0 Å². The fraction of sp³-hybridized carbons (Fsp3) is 0.0769. The maximum Gasteiger partial charge on any atom is 0.341 e. The summed E-state index contributed by atoms with van der Waals surface area (Å²) in [5, 5.41) is 2.16. The maximum absolute atomic E-state index is 13.3. The zero-order valence-corrected chi connectivity index (χ0v) is 10.1. The number of ether oxygens (including phenoxy) is 1. The van der Waals surface area contributed by atoms with Crippen molar-refractivity contribution in [1.82, 2.24) is 0 Å². The highest BCUT2D eigenvalue weighted by molar-refractivity contribution is 5.95. The summed E-state index contributed by atoms with van der Waals surface area (Å²) in [4.78, 5) is 22.8. The summed E-state index contributed by atoms with van der Waals surface area (Å²) in [6.45, 7) is -0.596. The monoisotopic (exact) mass is 281 g/mol. The third-order valence-electron chi connectivity index (χ3n) is 2.30. The minimum absolute atomic E-state index is 0.158. The number of furan rings is 1. The summed E-state index contributed by atoms with van der Waals surface area (Å²) >= 11 is 0. The van der Waals surface area contributed by atoms with Crippen LogP contribution >= 0.6 is 0 Å². The van der Waals surface area contributed by atoms with Gasteiger partial charge in [0.25, 0.3) is 5.91 Å². The molecule has 5 nitrogen and oxygen atoms in total. The van der Waals surface area contributed by atoms with Crippen molar-refractivity contribution in [2.45, 2.75) is 0 Å². The van der Waals surface area contributed by atoms with Crippen molar-refractivity contribution in [2.75, 3.05) is 11.9 Å². The third-order valence-corrected chi connectivity index (χ3v) is 2.30. The molecule has 0 aliphatic rings. The van der Waals surface area contributed by atoms with Crippen LogP contribution in [-0.2, 0) is 9.53 Å². The van der Waals surface area contributed by atoms with Crippen molar-refractivity contribution in [3.8, 4) is 0 Å². The highest BCUT2D eigenvalue weighted by Gasteiger charge is 2.12. The molecule has 1 aromatic heterocycles. The number of anilines is 1. The van der Waals surface area contributed by atoms with Gasteiger partial charge in [-0.15, -0.1) is 0 Å². The largest absolute Gasteiger partial charge is 0.472 e. The highest BCUT2D eigenvalue weighted by atomic mass is 19.1. The smallest absolute Gasteiger partial charge is 0.341 e. The van der Waals surface area contributed by atoms with E-state index in [-0.39, 0.29) is 11.3 Å². The molecule has 1 heterocycles. The van der Waals surface area contributed by atoms with Crippen molar-refractivity contribution < 1.29 is 27.5 Å². The normalized spacial score (nSPS) is 10.1. The molecule has 1 N–H and O–H groups in total. The highest BCUT2D eigenvalue weighted by Crippen LogP contribution is 2.14. The lowest BCUT2D eigenvalue weighted by molar-refractivity contribution is -0.119. The maximum atomic E-state index is 13.3. The van der Waals surface area contributed by atoms with Crippen molar-refractivity contribution in [3.05, 3.63) is 54.0 Å². The molecule has 0 fully saturated rings. The van der Waals surface area contributed by atoms with E-state index in [4.69, 9.17) is 0 Å². The predicted molar refractivity (Wildman–Crippen MR) is 64.0 cm³/mol. The lowest BCUT2D eigenvalue weighted by atomic mass is 10.3. The number of esters is 1. The first-order valence-electron chi connectivity index (χ1n) is 5.50. The van der Waals surface area contributed by atoms with Gasteiger partial charge in [-0.2, -0.15) is 0 Å². The fourth-order valence-electron chi connectivity index (χ4n) is 1.37. The van der Waals surface area contributed by atoms with E-state index in [9.17, 15) is 18.4 Å². The molecule has 0 radical (unpaired) electrons. The Bertz CT molecular complexity index is 625. The number of rotatable bonds is 4. The zero-order valence-electron chi connectivity index (χ0n) is 10.1. The SMILES string of the molecule is O=C(COC(=O)c1ccoc1)Nc1ccc(F)cc1F. The van der Waals surface area contributed by atoms with Gasteiger partial charge in [0.1, 0.15) is 17.9 Å². The molecular formula is C13H9F2NO4. The summed E-state index contributed by atoms with van der Waals surface area (Å²) in [7, 11) is 0. The molecule has 1 aromatic carbocycles. The van der Waals surface area contributed by atoms with Crippen LogP contribution in [0.5, 0.6) is 0 Å².